The number of nitrogens with two attached hydrogens (primary N) is 1. The highest BCUT2D eigenvalue weighted by Gasteiger charge is 2.28. The van der Waals surface area contributed by atoms with Gasteiger partial charge < -0.3 is 15.8 Å². The maximum Gasteiger partial charge on any atom is 0.256 e. The molecular weight excluding hydrogens is 458 g/mol. The van der Waals surface area contributed by atoms with Crippen LogP contribution in [0.2, 0.25) is 0 Å². The Morgan fingerprint density at radius 3 is 2.58 bits per heavy atom. The van der Waals surface area contributed by atoms with Gasteiger partial charge in [0.2, 0.25) is 5.88 Å². The molecule has 182 valence electrons. The maximum atomic E-state index is 13.0. The highest BCUT2D eigenvalue weighted by Crippen LogP contribution is 2.28. The van der Waals surface area contributed by atoms with Gasteiger partial charge in [-0.1, -0.05) is 6.07 Å². The second-order valence-corrected chi connectivity index (χ2v) is 8.85. The van der Waals surface area contributed by atoms with Crippen LogP contribution in [0.15, 0.2) is 54.9 Å². The number of nitrogens with zero attached hydrogens (tertiary/aromatic N) is 5. The first kappa shape index (κ1) is 23.1. The van der Waals surface area contributed by atoms with E-state index in [1.807, 2.05) is 19.1 Å². The van der Waals surface area contributed by atoms with Crippen LogP contribution in [0.25, 0.3) is 11.2 Å². The standard InChI is InChI=1S/C26H25N7O3/c1-16-21(15-29-33(16)19-9-5-17(14-27)6-10-19)25(35)30-18-7-11-20(12-8-18)36-26-23(24(28)34)22-4-2-3-13-32(22)31-26/h2-6,9-10,13,15,18,20H,7-8,11-12H2,1H3,(H2,28,34)(H,30,35)/t18-,20-. The molecule has 2 amide bonds. The van der Waals surface area contributed by atoms with Crippen LogP contribution in [0, 0.1) is 18.3 Å². The number of primary amides is 1. The fourth-order valence-corrected chi connectivity index (χ4v) is 4.61. The average Bonchev–Trinajstić information content (AvgIpc) is 3.45. The quantitative estimate of drug-likeness (QED) is 0.432. The van der Waals surface area contributed by atoms with Crippen LogP contribution in [0.1, 0.15) is 57.7 Å². The summed E-state index contributed by atoms with van der Waals surface area (Å²) in [6.07, 6.45) is 6.07. The van der Waals surface area contributed by atoms with Gasteiger partial charge in [0.25, 0.3) is 11.8 Å². The molecule has 0 unspecified atom stereocenters. The first-order valence-corrected chi connectivity index (χ1v) is 11.7. The number of aromatic nitrogens is 4. The summed E-state index contributed by atoms with van der Waals surface area (Å²) in [6.45, 7) is 1.84. The van der Waals surface area contributed by atoms with Crippen molar-refractivity contribution in [2.45, 2.75) is 44.8 Å². The number of hydrogen-bond acceptors (Lipinski definition) is 6. The van der Waals surface area contributed by atoms with Crippen LogP contribution in [0.3, 0.4) is 0 Å². The molecule has 3 N–H and O–H groups in total. The molecule has 10 heteroatoms. The van der Waals surface area contributed by atoms with Crippen molar-refractivity contribution in [3.63, 3.8) is 0 Å². The highest BCUT2D eigenvalue weighted by atomic mass is 16.5. The van der Waals surface area contributed by atoms with E-state index < -0.39 is 5.91 Å². The SMILES string of the molecule is Cc1c(C(=O)N[C@H]2CC[C@H](Oc3nn4ccccc4c3C(N)=O)CC2)cnn1-c1ccc(C#N)cc1. The van der Waals surface area contributed by atoms with E-state index in [-0.39, 0.29) is 29.5 Å². The first-order valence-electron chi connectivity index (χ1n) is 11.7. The van der Waals surface area contributed by atoms with E-state index in [2.05, 4.69) is 21.6 Å². The van der Waals surface area contributed by atoms with Gasteiger partial charge in [0.05, 0.1) is 40.3 Å². The molecule has 1 aromatic carbocycles. The van der Waals surface area contributed by atoms with E-state index in [4.69, 9.17) is 15.7 Å². The number of nitrogens with one attached hydrogen (secondary N) is 1. The van der Waals surface area contributed by atoms with Gasteiger partial charge >= 0.3 is 0 Å². The molecule has 1 fully saturated rings. The number of carbonyl (C=O) groups excluding carboxylic acids is 2. The van der Waals surface area contributed by atoms with Gasteiger partial charge in [-0.2, -0.15) is 10.4 Å². The molecule has 0 spiro atoms. The number of fused-ring (bicyclic) bond motifs is 1. The maximum absolute atomic E-state index is 13.0. The minimum absolute atomic E-state index is 0.00620. The molecule has 10 nitrogen and oxygen atoms in total. The van der Waals surface area contributed by atoms with E-state index in [0.29, 0.717) is 29.5 Å². The van der Waals surface area contributed by atoms with Crippen molar-refractivity contribution in [2.75, 3.05) is 0 Å². The summed E-state index contributed by atoms with van der Waals surface area (Å²) in [4.78, 5) is 25.0. The Morgan fingerprint density at radius 2 is 1.89 bits per heavy atom. The topological polar surface area (TPSA) is 140 Å². The van der Waals surface area contributed by atoms with E-state index in [1.54, 1.807) is 51.9 Å². The van der Waals surface area contributed by atoms with Crippen LogP contribution in [-0.4, -0.2) is 43.4 Å². The number of ether oxygens (including phenoxy) is 1. The third-order valence-corrected chi connectivity index (χ3v) is 6.54. The largest absolute Gasteiger partial charge is 0.473 e. The lowest BCUT2D eigenvalue weighted by atomic mass is 9.92. The first-order chi connectivity index (χ1) is 17.4. The van der Waals surface area contributed by atoms with E-state index in [9.17, 15) is 9.59 Å². The van der Waals surface area contributed by atoms with Gasteiger partial charge in [-0.25, -0.2) is 9.20 Å². The minimum Gasteiger partial charge on any atom is -0.473 e. The fourth-order valence-electron chi connectivity index (χ4n) is 4.61. The molecule has 36 heavy (non-hydrogen) atoms. The van der Waals surface area contributed by atoms with Gasteiger partial charge in [0.1, 0.15) is 11.7 Å². The van der Waals surface area contributed by atoms with Crippen molar-refractivity contribution in [1.29, 1.82) is 5.26 Å². The van der Waals surface area contributed by atoms with Crippen LogP contribution in [-0.2, 0) is 0 Å². The summed E-state index contributed by atoms with van der Waals surface area (Å²) in [7, 11) is 0. The Hall–Kier alpha value is -4.65. The third kappa shape index (κ3) is 4.38. The summed E-state index contributed by atoms with van der Waals surface area (Å²) in [5, 5.41) is 20.8. The zero-order chi connectivity index (χ0) is 25.2. The Labute approximate surface area is 207 Å². The molecule has 3 heterocycles. The molecule has 1 aliphatic rings. The lowest BCUT2D eigenvalue weighted by Gasteiger charge is -2.29. The second kappa shape index (κ2) is 9.54. The molecular formula is C26H25N7O3. The van der Waals surface area contributed by atoms with Gasteiger partial charge in [-0.15, -0.1) is 5.10 Å². The van der Waals surface area contributed by atoms with Crippen molar-refractivity contribution in [1.82, 2.24) is 24.7 Å². The van der Waals surface area contributed by atoms with Crippen LogP contribution >= 0.6 is 0 Å². The zero-order valence-corrected chi connectivity index (χ0v) is 19.7. The van der Waals surface area contributed by atoms with Crippen molar-refractivity contribution < 1.29 is 14.3 Å². The number of hydrogen-bond donors (Lipinski definition) is 2. The lowest BCUT2D eigenvalue weighted by Crippen LogP contribution is -2.40. The van der Waals surface area contributed by atoms with Crippen molar-refractivity contribution in [3.05, 3.63) is 77.2 Å². The van der Waals surface area contributed by atoms with Crippen LogP contribution in [0.5, 0.6) is 5.88 Å². The van der Waals surface area contributed by atoms with Crippen LogP contribution in [0.4, 0.5) is 0 Å². The van der Waals surface area contributed by atoms with Gasteiger partial charge in [-0.05, 0) is 69.0 Å². The zero-order valence-electron chi connectivity index (χ0n) is 19.7. The molecule has 0 bridgehead atoms. The number of rotatable bonds is 6. The molecule has 0 radical (unpaired) electrons. The van der Waals surface area contributed by atoms with Gasteiger partial charge in [-0.3, -0.25) is 9.59 Å². The monoisotopic (exact) mass is 483 g/mol. The number of benzene rings is 1. The lowest BCUT2D eigenvalue weighted by molar-refractivity contribution is 0.0881. The van der Waals surface area contributed by atoms with Crippen molar-refractivity contribution >= 4 is 17.3 Å². The van der Waals surface area contributed by atoms with E-state index in [0.717, 1.165) is 24.2 Å². The van der Waals surface area contributed by atoms with Crippen LogP contribution < -0.4 is 15.8 Å². The summed E-state index contributed by atoms with van der Waals surface area (Å²) < 4.78 is 9.35. The number of carbonyl (C=O) groups is 2. The molecule has 1 saturated carbocycles. The predicted octanol–water partition coefficient (Wildman–Crippen LogP) is 2.92. The Bertz CT molecular complexity index is 1470. The van der Waals surface area contributed by atoms with Crippen molar-refractivity contribution in [2.24, 2.45) is 5.73 Å². The Morgan fingerprint density at radius 1 is 1.14 bits per heavy atom. The molecule has 0 atom stereocenters. The molecule has 0 saturated heterocycles. The van der Waals surface area contributed by atoms with Gasteiger partial charge in [0.15, 0.2) is 0 Å². The average molecular weight is 484 g/mol. The number of amides is 2. The Kier molecular flexibility index (Phi) is 6.12. The molecule has 1 aliphatic carbocycles. The normalized spacial score (nSPS) is 17.4. The summed E-state index contributed by atoms with van der Waals surface area (Å²) in [5.41, 5.74) is 9.05. The smallest absolute Gasteiger partial charge is 0.256 e. The molecule has 0 aliphatic heterocycles. The van der Waals surface area contributed by atoms with E-state index in [1.165, 1.54) is 0 Å². The second-order valence-electron chi connectivity index (χ2n) is 8.85. The van der Waals surface area contributed by atoms with Crippen molar-refractivity contribution in [3.8, 4) is 17.6 Å². The van der Waals surface area contributed by atoms with Gasteiger partial charge in [0, 0.05) is 12.2 Å². The predicted molar refractivity (Wildman–Crippen MR) is 131 cm³/mol. The number of nitriles is 1. The third-order valence-electron chi connectivity index (χ3n) is 6.54. The minimum atomic E-state index is -0.580. The summed E-state index contributed by atoms with van der Waals surface area (Å²) in [6, 6.07) is 14.5. The molecule has 3 aromatic heterocycles. The highest BCUT2D eigenvalue weighted by molar-refractivity contribution is 6.02. The summed E-state index contributed by atoms with van der Waals surface area (Å²) >= 11 is 0. The van der Waals surface area contributed by atoms with E-state index >= 15 is 0 Å². The fraction of sp³-hybridized carbons (Fsp3) is 0.269. The number of pyridine rings is 1. The summed E-state index contributed by atoms with van der Waals surface area (Å²) in [5.74, 6) is -0.510. The Balaban J connectivity index is 1.21. The molecule has 4 aromatic rings. The molecule has 5 rings (SSSR count).